The Balaban J connectivity index is 2.38. The van der Waals surface area contributed by atoms with Crippen LogP contribution in [-0.2, 0) is 4.79 Å². The van der Waals surface area contributed by atoms with E-state index in [-0.39, 0.29) is 18.6 Å². The molecule has 0 heterocycles. The standard InChI is InChI=1S/C13H18ClNO2S/c1-10(11-5-2-3-6-12(11)14)15-13(17)9-18-8-4-7-16/h2-3,5-6,10,16H,4,7-9H2,1H3,(H,15,17). The minimum Gasteiger partial charge on any atom is -0.396 e. The van der Waals surface area contributed by atoms with Crippen LogP contribution in [0.1, 0.15) is 24.9 Å². The van der Waals surface area contributed by atoms with E-state index in [2.05, 4.69) is 5.32 Å². The lowest BCUT2D eigenvalue weighted by atomic mass is 10.1. The van der Waals surface area contributed by atoms with Crippen molar-refractivity contribution in [1.82, 2.24) is 5.32 Å². The fourth-order valence-electron chi connectivity index (χ4n) is 1.52. The summed E-state index contributed by atoms with van der Waals surface area (Å²) in [5, 5.41) is 12.2. The predicted molar refractivity (Wildman–Crippen MR) is 77.0 cm³/mol. The van der Waals surface area contributed by atoms with Crippen LogP contribution in [0, 0.1) is 0 Å². The number of halogens is 1. The molecule has 5 heteroatoms. The Bertz CT molecular complexity index is 387. The Morgan fingerprint density at radius 3 is 2.89 bits per heavy atom. The van der Waals surface area contributed by atoms with Crippen molar-refractivity contribution < 1.29 is 9.90 Å². The first-order valence-corrected chi connectivity index (χ1v) is 7.40. The second-order valence-electron chi connectivity index (χ2n) is 3.94. The Morgan fingerprint density at radius 2 is 2.22 bits per heavy atom. The van der Waals surface area contributed by atoms with Crippen LogP contribution in [0.25, 0.3) is 0 Å². The van der Waals surface area contributed by atoms with Crippen LogP contribution in [0.3, 0.4) is 0 Å². The van der Waals surface area contributed by atoms with Gasteiger partial charge in [0.05, 0.1) is 11.8 Å². The summed E-state index contributed by atoms with van der Waals surface area (Å²) in [4.78, 5) is 11.7. The van der Waals surface area contributed by atoms with Crippen molar-refractivity contribution in [2.75, 3.05) is 18.1 Å². The summed E-state index contributed by atoms with van der Waals surface area (Å²) in [7, 11) is 0. The number of carbonyl (C=O) groups excluding carboxylic acids is 1. The van der Waals surface area contributed by atoms with Gasteiger partial charge in [0, 0.05) is 11.6 Å². The zero-order valence-corrected chi connectivity index (χ0v) is 11.9. The Hall–Kier alpha value is -0.710. The van der Waals surface area contributed by atoms with E-state index in [0.717, 1.165) is 17.7 Å². The number of rotatable bonds is 7. The highest BCUT2D eigenvalue weighted by Crippen LogP contribution is 2.22. The van der Waals surface area contributed by atoms with Gasteiger partial charge in [-0.2, -0.15) is 11.8 Å². The van der Waals surface area contributed by atoms with Crippen molar-refractivity contribution in [2.45, 2.75) is 19.4 Å². The summed E-state index contributed by atoms with van der Waals surface area (Å²) < 4.78 is 0. The zero-order chi connectivity index (χ0) is 13.4. The molecule has 0 radical (unpaired) electrons. The van der Waals surface area contributed by atoms with Crippen molar-refractivity contribution in [3.63, 3.8) is 0 Å². The fraction of sp³-hybridized carbons (Fsp3) is 0.462. The average molecular weight is 288 g/mol. The van der Waals surface area contributed by atoms with Crippen molar-refractivity contribution in [3.8, 4) is 0 Å². The van der Waals surface area contributed by atoms with Gasteiger partial charge in [-0.1, -0.05) is 29.8 Å². The van der Waals surface area contributed by atoms with Crippen LogP contribution in [0.2, 0.25) is 5.02 Å². The van der Waals surface area contributed by atoms with E-state index >= 15 is 0 Å². The van der Waals surface area contributed by atoms with Crippen LogP contribution < -0.4 is 5.32 Å². The summed E-state index contributed by atoms with van der Waals surface area (Å²) in [6.45, 7) is 2.09. The van der Waals surface area contributed by atoms with Gasteiger partial charge in [0.2, 0.25) is 5.91 Å². The molecule has 0 saturated heterocycles. The third-order valence-corrected chi connectivity index (χ3v) is 3.82. The molecule has 3 nitrogen and oxygen atoms in total. The molecule has 2 N–H and O–H groups in total. The van der Waals surface area contributed by atoms with Gasteiger partial charge in [0.1, 0.15) is 0 Å². The first-order chi connectivity index (χ1) is 8.65. The van der Waals surface area contributed by atoms with Gasteiger partial charge >= 0.3 is 0 Å². The molecular weight excluding hydrogens is 270 g/mol. The minimum absolute atomic E-state index is 0.00893. The summed E-state index contributed by atoms with van der Waals surface area (Å²) >= 11 is 7.59. The van der Waals surface area contributed by atoms with E-state index in [1.807, 2.05) is 31.2 Å². The maximum atomic E-state index is 11.7. The molecule has 1 amide bonds. The molecule has 0 bridgehead atoms. The molecule has 0 spiro atoms. The Labute approximate surface area is 117 Å². The van der Waals surface area contributed by atoms with Gasteiger partial charge < -0.3 is 10.4 Å². The van der Waals surface area contributed by atoms with E-state index in [1.165, 1.54) is 11.8 Å². The molecule has 1 aromatic carbocycles. The SMILES string of the molecule is CC(NC(=O)CSCCCO)c1ccccc1Cl. The molecule has 0 aromatic heterocycles. The zero-order valence-electron chi connectivity index (χ0n) is 10.4. The number of aliphatic hydroxyl groups excluding tert-OH is 1. The second kappa shape index (κ2) is 8.40. The molecular formula is C13H18ClNO2S. The molecule has 0 saturated carbocycles. The number of hydrogen-bond acceptors (Lipinski definition) is 3. The fourth-order valence-corrected chi connectivity index (χ4v) is 2.56. The van der Waals surface area contributed by atoms with Gasteiger partial charge in [0.15, 0.2) is 0 Å². The summed E-state index contributed by atoms with van der Waals surface area (Å²) in [6.07, 6.45) is 0.720. The number of carbonyl (C=O) groups is 1. The number of amides is 1. The molecule has 1 rings (SSSR count). The number of benzene rings is 1. The van der Waals surface area contributed by atoms with Gasteiger partial charge in [-0.3, -0.25) is 4.79 Å². The van der Waals surface area contributed by atoms with Gasteiger partial charge in [-0.15, -0.1) is 0 Å². The molecule has 18 heavy (non-hydrogen) atoms. The van der Waals surface area contributed by atoms with Crippen LogP contribution in [-0.4, -0.2) is 29.1 Å². The lowest BCUT2D eigenvalue weighted by Crippen LogP contribution is -2.28. The van der Waals surface area contributed by atoms with Crippen molar-refractivity contribution in [2.24, 2.45) is 0 Å². The maximum absolute atomic E-state index is 11.7. The van der Waals surface area contributed by atoms with E-state index in [1.54, 1.807) is 0 Å². The molecule has 0 fully saturated rings. The van der Waals surface area contributed by atoms with Crippen molar-refractivity contribution in [3.05, 3.63) is 34.9 Å². The first kappa shape index (κ1) is 15.3. The Kier molecular flexibility index (Phi) is 7.16. The van der Waals surface area contributed by atoms with E-state index in [0.29, 0.717) is 10.8 Å². The Morgan fingerprint density at radius 1 is 1.50 bits per heavy atom. The highest BCUT2D eigenvalue weighted by atomic mass is 35.5. The summed E-state index contributed by atoms with van der Waals surface area (Å²) in [5.41, 5.74) is 0.924. The van der Waals surface area contributed by atoms with Crippen LogP contribution >= 0.6 is 23.4 Å². The number of aliphatic hydroxyl groups is 1. The molecule has 0 aliphatic carbocycles. The van der Waals surface area contributed by atoms with E-state index in [4.69, 9.17) is 16.7 Å². The lowest BCUT2D eigenvalue weighted by Gasteiger charge is -2.15. The molecule has 100 valence electrons. The first-order valence-electron chi connectivity index (χ1n) is 5.87. The van der Waals surface area contributed by atoms with E-state index < -0.39 is 0 Å². The average Bonchev–Trinajstić information content (AvgIpc) is 2.35. The third-order valence-electron chi connectivity index (χ3n) is 2.43. The lowest BCUT2D eigenvalue weighted by molar-refractivity contribution is -0.119. The minimum atomic E-state index is -0.0929. The normalized spacial score (nSPS) is 12.2. The highest BCUT2D eigenvalue weighted by Gasteiger charge is 2.11. The summed E-state index contributed by atoms with van der Waals surface area (Å²) in [6, 6.07) is 7.40. The molecule has 1 aromatic rings. The van der Waals surface area contributed by atoms with E-state index in [9.17, 15) is 4.79 Å². The predicted octanol–water partition coefficient (Wildman–Crippen LogP) is 2.63. The number of hydrogen-bond donors (Lipinski definition) is 2. The largest absolute Gasteiger partial charge is 0.396 e. The number of thioether (sulfide) groups is 1. The van der Waals surface area contributed by atoms with Gasteiger partial charge in [-0.25, -0.2) is 0 Å². The van der Waals surface area contributed by atoms with Crippen molar-refractivity contribution >= 4 is 29.3 Å². The topological polar surface area (TPSA) is 49.3 Å². The molecule has 1 unspecified atom stereocenters. The second-order valence-corrected chi connectivity index (χ2v) is 5.45. The van der Waals surface area contributed by atoms with Gasteiger partial charge in [-0.05, 0) is 30.7 Å². The monoisotopic (exact) mass is 287 g/mol. The third kappa shape index (κ3) is 5.29. The summed E-state index contributed by atoms with van der Waals surface area (Å²) in [5.74, 6) is 1.20. The molecule has 1 atom stereocenters. The molecule has 0 aliphatic heterocycles. The number of nitrogens with one attached hydrogen (secondary N) is 1. The smallest absolute Gasteiger partial charge is 0.230 e. The van der Waals surface area contributed by atoms with Crippen LogP contribution in [0.5, 0.6) is 0 Å². The highest BCUT2D eigenvalue weighted by molar-refractivity contribution is 7.99. The maximum Gasteiger partial charge on any atom is 0.230 e. The van der Waals surface area contributed by atoms with Crippen LogP contribution in [0.4, 0.5) is 0 Å². The van der Waals surface area contributed by atoms with Crippen molar-refractivity contribution in [1.29, 1.82) is 0 Å². The quantitative estimate of drug-likeness (QED) is 0.758. The molecule has 0 aliphatic rings. The van der Waals surface area contributed by atoms with Crippen LogP contribution in [0.15, 0.2) is 24.3 Å². The van der Waals surface area contributed by atoms with Gasteiger partial charge in [0.25, 0.3) is 0 Å².